The molecule has 0 aliphatic carbocycles. The van der Waals surface area contributed by atoms with Crippen molar-refractivity contribution in [2.45, 2.75) is 32.4 Å². The van der Waals surface area contributed by atoms with E-state index in [0.29, 0.717) is 35.2 Å². The summed E-state index contributed by atoms with van der Waals surface area (Å²) >= 11 is 12.0. The van der Waals surface area contributed by atoms with Gasteiger partial charge in [-0.25, -0.2) is 4.79 Å². The zero-order chi connectivity index (χ0) is 19.2. The number of halogens is 2. The number of urea groups is 1. The first kappa shape index (κ1) is 19.5. The molecule has 1 aliphatic heterocycles. The SMILES string of the molecule is O=C(NCc1ccc(Cl)cc1Cl)Nc1cccc(CN2CCCCC2=O)c1. The highest BCUT2D eigenvalue weighted by Crippen LogP contribution is 2.21. The zero-order valence-electron chi connectivity index (χ0n) is 14.8. The largest absolute Gasteiger partial charge is 0.338 e. The van der Waals surface area contributed by atoms with E-state index >= 15 is 0 Å². The molecule has 0 radical (unpaired) electrons. The number of rotatable bonds is 5. The number of carbonyl (C=O) groups excluding carboxylic acids is 2. The number of amides is 3. The summed E-state index contributed by atoms with van der Waals surface area (Å²) in [5.74, 6) is 0.192. The average Bonchev–Trinajstić information content (AvgIpc) is 2.63. The molecule has 3 amide bonds. The minimum absolute atomic E-state index is 0.192. The van der Waals surface area contributed by atoms with Gasteiger partial charge in [-0.05, 0) is 48.2 Å². The Hall–Kier alpha value is -2.24. The summed E-state index contributed by atoms with van der Waals surface area (Å²) in [6.45, 7) is 1.65. The van der Waals surface area contributed by atoms with Crippen LogP contribution in [-0.4, -0.2) is 23.4 Å². The monoisotopic (exact) mass is 405 g/mol. The maximum Gasteiger partial charge on any atom is 0.319 e. The molecule has 1 aliphatic rings. The molecule has 1 heterocycles. The van der Waals surface area contributed by atoms with Gasteiger partial charge >= 0.3 is 6.03 Å². The van der Waals surface area contributed by atoms with E-state index in [-0.39, 0.29) is 11.9 Å². The van der Waals surface area contributed by atoms with E-state index in [1.807, 2.05) is 29.2 Å². The van der Waals surface area contributed by atoms with E-state index < -0.39 is 0 Å². The Labute approximate surface area is 168 Å². The van der Waals surface area contributed by atoms with Gasteiger partial charge in [0.15, 0.2) is 0 Å². The second-order valence-corrected chi connectivity index (χ2v) is 7.36. The normalized spacial score (nSPS) is 14.1. The number of nitrogens with zero attached hydrogens (tertiary/aromatic N) is 1. The Balaban J connectivity index is 1.55. The smallest absolute Gasteiger partial charge is 0.319 e. The van der Waals surface area contributed by atoms with Crippen LogP contribution in [0.5, 0.6) is 0 Å². The van der Waals surface area contributed by atoms with Crippen LogP contribution in [0.4, 0.5) is 10.5 Å². The van der Waals surface area contributed by atoms with E-state index in [4.69, 9.17) is 23.2 Å². The van der Waals surface area contributed by atoms with Crippen molar-refractivity contribution in [1.82, 2.24) is 10.2 Å². The Morgan fingerprint density at radius 2 is 1.96 bits per heavy atom. The van der Waals surface area contributed by atoms with Crippen LogP contribution in [0, 0.1) is 0 Å². The fourth-order valence-electron chi connectivity index (χ4n) is 3.01. The molecule has 2 N–H and O–H groups in total. The number of hydrogen-bond acceptors (Lipinski definition) is 2. The van der Waals surface area contributed by atoms with Gasteiger partial charge in [-0.2, -0.15) is 0 Å². The van der Waals surface area contributed by atoms with Crippen molar-refractivity contribution < 1.29 is 9.59 Å². The van der Waals surface area contributed by atoms with Crippen molar-refractivity contribution in [3.63, 3.8) is 0 Å². The first-order valence-corrected chi connectivity index (χ1v) is 9.62. The third-order valence-electron chi connectivity index (χ3n) is 4.43. The van der Waals surface area contributed by atoms with Crippen molar-refractivity contribution in [1.29, 1.82) is 0 Å². The molecule has 0 atom stereocenters. The van der Waals surface area contributed by atoms with Crippen LogP contribution in [0.1, 0.15) is 30.4 Å². The lowest BCUT2D eigenvalue weighted by molar-refractivity contribution is -0.133. The van der Waals surface area contributed by atoms with Crippen molar-refractivity contribution in [3.8, 4) is 0 Å². The summed E-state index contributed by atoms with van der Waals surface area (Å²) < 4.78 is 0. The number of nitrogens with one attached hydrogen (secondary N) is 2. The van der Waals surface area contributed by atoms with E-state index in [2.05, 4.69) is 10.6 Å². The first-order chi connectivity index (χ1) is 13.0. The lowest BCUT2D eigenvalue weighted by atomic mass is 10.1. The average molecular weight is 406 g/mol. The van der Waals surface area contributed by atoms with Crippen LogP contribution in [0.2, 0.25) is 10.0 Å². The summed E-state index contributed by atoms with van der Waals surface area (Å²) in [5.41, 5.74) is 2.45. The lowest BCUT2D eigenvalue weighted by Crippen LogP contribution is -2.34. The van der Waals surface area contributed by atoms with Crippen LogP contribution in [0.15, 0.2) is 42.5 Å². The van der Waals surface area contributed by atoms with Gasteiger partial charge in [0, 0.05) is 41.8 Å². The van der Waals surface area contributed by atoms with Crippen LogP contribution in [0.25, 0.3) is 0 Å². The predicted molar refractivity (Wildman–Crippen MR) is 108 cm³/mol. The lowest BCUT2D eigenvalue weighted by Gasteiger charge is -2.26. The second kappa shape index (κ2) is 9.11. The maximum absolute atomic E-state index is 12.2. The number of anilines is 1. The Kier molecular flexibility index (Phi) is 6.58. The van der Waals surface area contributed by atoms with E-state index in [9.17, 15) is 9.59 Å². The fraction of sp³-hybridized carbons (Fsp3) is 0.300. The van der Waals surface area contributed by atoms with Gasteiger partial charge in [0.05, 0.1) is 0 Å². The Bertz CT molecular complexity index is 842. The standard InChI is InChI=1S/C20H21Cl2N3O2/c21-16-8-7-15(18(22)11-16)12-23-20(27)24-17-5-3-4-14(10-17)13-25-9-2-1-6-19(25)26/h3-5,7-8,10-11H,1-2,6,9,12-13H2,(H2,23,24,27). The van der Waals surface area contributed by atoms with E-state index in [0.717, 1.165) is 30.5 Å². The van der Waals surface area contributed by atoms with E-state index in [1.54, 1.807) is 18.2 Å². The van der Waals surface area contributed by atoms with E-state index in [1.165, 1.54) is 0 Å². The summed E-state index contributed by atoms with van der Waals surface area (Å²) in [6, 6.07) is 12.4. The molecule has 27 heavy (non-hydrogen) atoms. The zero-order valence-corrected chi connectivity index (χ0v) is 16.3. The highest BCUT2D eigenvalue weighted by Gasteiger charge is 2.18. The summed E-state index contributed by atoms with van der Waals surface area (Å²) in [5, 5.41) is 6.65. The second-order valence-electron chi connectivity index (χ2n) is 6.52. The van der Waals surface area contributed by atoms with Gasteiger partial charge in [0.2, 0.25) is 5.91 Å². The maximum atomic E-state index is 12.2. The number of hydrogen-bond donors (Lipinski definition) is 2. The highest BCUT2D eigenvalue weighted by molar-refractivity contribution is 6.35. The van der Waals surface area contributed by atoms with Gasteiger partial charge in [-0.1, -0.05) is 41.4 Å². The minimum Gasteiger partial charge on any atom is -0.338 e. The molecule has 2 aromatic carbocycles. The van der Waals surface area contributed by atoms with Crippen molar-refractivity contribution in [3.05, 3.63) is 63.6 Å². The van der Waals surface area contributed by atoms with Crippen molar-refractivity contribution in [2.24, 2.45) is 0 Å². The third kappa shape index (κ3) is 5.62. The Morgan fingerprint density at radius 3 is 2.74 bits per heavy atom. The summed E-state index contributed by atoms with van der Waals surface area (Å²) in [7, 11) is 0. The molecule has 1 fully saturated rings. The van der Waals surface area contributed by atoms with Gasteiger partial charge in [0.25, 0.3) is 0 Å². The molecule has 0 bridgehead atoms. The highest BCUT2D eigenvalue weighted by atomic mass is 35.5. The number of carbonyl (C=O) groups is 2. The molecule has 5 nitrogen and oxygen atoms in total. The predicted octanol–water partition coefficient (Wildman–Crippen LogP) is 4.83. The minimum atomic E-state index is -0.327. The van der Waals surface area contributed by atoms with Crippen LogP contribution < -0.4 is 10.6 Å². The molecule has 0 saturated carbocycles. The van der Waals surface area contributed by atoms with Gasteiger partial charge in [-0.3, -0.25) is 4.79 Å². The van der Waals surface area contributed by atoms with Crippen LogP contribution in [-0.2, 0) is 17.9 Å². The molecular formula is C20H21Cl2N3O2. The van der Waals surface area contributed by atoms with Crippen molar-refractivity contribution in [2.75, 3.05) is 11.9 Å². The quantitative estimate of drug-likeness (QED) is 0.748. The number of benzene rings is 2. The molecule has 3 rings (SSSR count). The molecule has 1 saturated heterocycles. The molecule has 7 heteroatoms. The van der Waals surface area contributed by atoms with Crippen molar-refractivity contribution >= 4 is 40.8 Å². The van der Waals surface area contributed by atoms with Gasteiger partial charge < -0.3 is 15.5 Å². The fourth-order valence-corrected chi connectivity index (χ4v) is 3.49. The van der Waals surface area contributed by atoms with Gasteiger partial charge in [-0.15, -0.1) is 0 Å². The summed E-state index contributed by atoms with van der Waals surface area (Å²) in [4.78, 5) is 26.0. The molecule has 142 valence electrons. The Morgan fingerprint density at radius 1 is 1.11 bits per heavy atom. The topological polar surface area (TPSA) is 61.4 Å². The first-order valence-electron chi connectivity index (χ1n) is 8.87. The molecule has 0 unspecified atom stereocenters. The number of piperidine rings is 1. The summed E-state index contributed by atoms with van der Waals surface area (Å²) in [6.07, 6.45) is 2.63. The van der Waals surface area contributed by atoms with Crippen LogP contribution >= 0.6 is 23.2 Å². The molecule has 0 spiro atoms. The number of likely N-dealkylation sites (tertiary alicyclic amines) is 1. The van der Waals surface area contributed by atoms with Gasteiger partial charge in [0.1, 0.15) is 0 Å². The van der Waals surface area contributed by atoms with Crippen LogP contribution in [0.3, 0.4) is 0 Å². The molecular weight excluding hydrogens is 385 g/mol. The molecule has 0 aromatic heterocycles. The third-order valence-corrected chi connectivity index (χ3v) is 5.02. The molecule has 2 aromatic rings.